The molecule has 1 aliphatic rings. The topological polar surface area (TPSA) is 145 Å². The molecule has 11 nitrogen and oxygen atoms in total. The molecule has 0 aliphatic carbocycles. The number of rotatable bonds is 8. The van der Waals surface area contributed by atoms with Gasteiger partial charge in [-0.2, -0.15) is 0 Å². The number of nitrogens with zero attached hydrogens (tertiary/aromatic N) is 2. The lowest BCUT2D eigenvalue weighted by atomic mass is 9.90. The zero-order valence-electron chi connectivity index (χ0n) is 20.5. The fourth-order valence-corrected chi connectivity index (χ4v) is 5.50. The Morgan fingerprint density at radius 3 is 2.14 bits per heavy atom. The second-order valence-electron chi connectivity index (χ2n) is 8.79. The van der Waals surface area contributed by atoms with Crippen molar-refractivity contribution in [2.45, 2.75) is 30.3 Å². The summed E-state index contributed by atoms with van der Waals surface area (Å²) in [6.45, 7) is 4.03. The number of piperazine rings is 1. The number of sulfonamides is 1. The first kappa shape index (κ1) is 27.1. The zero-order chi connectivity index (χ0) is 26.7. The number of amides is 1. The molecule has 194 valence electrons. The van der Waals surface area contributed by atoms with Crippen LogP contribution in [0.5, 0.6) is 5.75 Å². The van der Waals surface area contributed by atoms with Crippen molar-refractivity contribution in [2.24, 2.45) is 0 Å². The van der Waals surface area contributed by atoms with Crippen LogP contribution in [0.1, 0.15) is 12.5 Å². The Morgan fingerprint density at radius 1 is 1.03 bits per heavy atom. The van der Waals surface area contributed by atoms with Crippen LogP contribution in [-0.4, -0.2) is 81.6 Å². The van der Waals surface area contributed by atoms with Crippen LogP contribution in [0.25, 0.3) is 0 Å². The molecular formula is C24H30N4O7S. The maximum atomic E-state index is 13.9. The molecule has 1 heterocycles. The van der Waals surface area contributed by atoms with Gasteiger partial charge in [-0.25, -0.2) is 22.3 Å². The number of carbonyl (C=O) groups is 3. The molecule has 0 spiro atoms. The van der Waals surface area contributed by atoms with Crippen LogP contribution in [0.2, 0.25) is 0 Å². The summed E-state index contributed by atoms with van der Waals surface area (Å²) in [7, 11) is -1.53. The Morgan fingerprint density at radius 2 is 1.64 bits per heavy atom. The third-order valence-electron chi connectivity index (χ3n) is 5.86. The Bertz CT molecular complexity index is 1220. The zero-order valence-corrected chi connectivity index (χ0v) is 21.3. The number of hydrogen-bond donors (Lipinski definition) is 3. The number of nitrogens with one attached hydrogen (secondary N) is 2. The highest BCUT2D eigenvalue weighted by atomic mass is 32.2. The smallest absolute Gasteiger partial charge is 0.414 e. The molecule has 1 saturated heterocycles. The van der Waals surface area contributed by atoms with Gasteiger partial charge >= 0.3 is 12.1 Å². The van der Waals surface area contributed by atoms with E-state index in [1.165, 1.54) is 55.4 Å². The van der Waals surface area contributed by atoms with Crippen molar-refractivity contribution in [3.63, 3.8) is 0 Å². The number of carboxylic acid groups (broad SMARTS) is 1. The number of aliphatic carboxylic acids is 1. The average molecular weight is 519 g/mol. The first-order chi connectivity index (χ1) is 16.9. The van der Waals surface area contributed by atoms with E-state index in [4.69, 9.17) is 4.74 Å². The summed E-state index contributed by atoms with van der Waals surface area (Å²) in [5, 5.41) is 16.3. The van der Waals surface area contributed by atoms with Crippen LogP contribution in [0, 0.1) is 6.92 Å². The van der Waals surface area contributed by atoms with Crippen LogP contribution < -0.4 is 19.7 Å². The predicted molar refractivity (Wildman–Crippen MR) is 133 cm³/mol. The van der Waals surface area contributed by atoms with Crippen molar-refractivity contribution >= 4 is 33.6 Å². The van der Waals surface area contributed by atoms with Crippen molar-refractivity contribution in [3.8, 4) is 5.75 Å². The van der Waals surface area contributed by atoms with E-state index in [2.05, 4.69) is 10.6 Å². The Balaban J connectivity index is 2.16. The quantitative estimate of drug-likeness (QED) is 0.439. The van der Waals surface area contributed by atoms with E-state index in [0.29, 0.717) is 17.4 Å². The molecule has 0 saturated carbocycles. The number of ether oxygens (including phenoxy) is 1. The van der Waals surface area contributed by atoms with Crippen LogP contribution in [0.3, 0.4) is 0 Å². The number of hydrogen-bond acceptors (Lipinski definition) is 8. The highest BCUT2D eigenvalue weighted by Gasteiger charge is 2.54. The van der Waals surface area contributed by atoms with E-state index in [9.17, 15) is 27.9 Å². The Kier molecular flexibility index (Phi) is 8.02. The van der Waals surface area contributed by atoms with Crippen LogP contribution >= 0.6 is 0 Å². The molecule has 36 heavy (non-hydrogen) atoms. The lowest BCUT2D eigenvalue weighted by Crippen LogP contribution is -2.67. The summed E-state index contributed by atoms with van der Waals surface area (Å²) in [4.78, 5) is 39.2. The SMILES string of the molecule is Cc1ccc(S(=O)(=O)N(c2ccc(OC(=O)N(C)C)cc2)[C@@](C)(C(=O)O)C(=O)C2CNCCN2)cc1. The summed E-state index contributed by atoms with van der Waals surface area (Å²) >= 11 is 0. The number of anilines is 1. The Hall–Kier alpha value is -3.48. The molecule has 3 N–H and O–H groups in total. The maximum absolute atomic E-state index is 13.9. The molecule has 0 radical (unpaired) electrons. The standard InChI is InChI=1S/C24H30N4O7S/c1-16-5-11-19(12-6-16)36(33,34)28(17-7-9-18(10-8-17)35-23(32)27(3)4)24(2,22(30)31)21(29)20-15-25-13-14-26-20/h5-12,20,25-26H,13-15H2,1-4H3,(H,30,31)/t20?,24-/m1/s1. The van der Waals surface area contributed by atoms with Crippen molar-refractivity contribution in [3.05, 3.63) is 54.1 Å². The lowest BCUT2D eigenvalue weighted by Gasteiger charge is -2.40. The molecule has 1 amide bonds. The molecule has 3 rings (SSSR count). The van der Waals surface area contributed by atoms with Gasteiger partial charge in [-0.15, -0.1) is 0 Å². The van der Waals surface area contributed by atoms with Crippen molar-refractivity contribution in [2.75, 3.05) is 38.0 Å². The molecule has 2 aromatic rings. The summed E-state index contributed by atoms with van der Waals surface area (Å²) in [5.74, 6) is -2.33. The van der Waals surface area contributed by atoms with Gasteiger partial charge in [0.15, 0.2) is 5.78 Å². The molecule has 0 bridgehead atoms. The fourth-order valence-electron chi connectivity index (χ4n) is 3.77. The Labute approximate surface area is 210 Å². The van der Waals surface area contributed by atoms with Crippen molar-refractivity contribution in [1.82, 2.24) is 15.5 Å². The second kappa shape index (κ2) is 10.6. The van der Waals surface area contributed by atoms with Gasteiger partial charge in [-0.1, -0.05) is 17.7 Å². The van der Waals surface area contributed by atoms with Gasteiger partial charge in [0.1, 0.15) is 5.75 Å². The maximum Gasteiger partial charge on any atom is 0.414 e. The number of aryl methyl sites for hydroxylation is 1. The summed E-state index contributed by atoms with van der Waals surface area (Å²) in [6.07, 6.45) is -0.645. The lowest BCUT2D eigenvalue weighted by molar-refractivity contribution is -0.147. The monoisotopic (exact) mass is 518 g/mol. The molecular weight excluding hydrogens is 488 g/mol. The fraction of sp³-hybridized carbons (Fsp3) is 0.375. The molecule has 12 heteroatoms. The van der Waals surface area contributed by atoms with Gasteiger partial charge in [-0.3, -0.25) is 4.79 Å². The summed E-state index contributed by atoms with van der Waals surface area (Å²) in [6, 6.07) is 10.2. The second-order valence-corrected chi connectivity index (χ2v) is 10.6. The van der Waals surface area contributed by atoms with Gasteiger partial charge in [0, 0.05) is 33.7 Å². The first-order valence-corrected chi connectivity index (χ1v) is 12.7. The molecule has 1 unspecified atom stereocenters. The first-order valence-electron chi connectivity index (χ1n) is 11.2. The summed E-state index contributed by atoms with van der Waals surface area (Å²) < 4.78 is 33.6. The molecule has 2 aromatic carbocycles. The molecule has 2 atom stereocenters. The third-order valence-corrected chi connectivity index (χ3v) is 7.79. The number of Topliss-reactive ketones (excluding diaryl/α,β-unsaturated/α-hetero) is 1. The predicted octanol–water partition coefficient (Wildman–Crippen LogP) is 1.22. The number of benzene rings is 2. The van der Waals surface area contributed by atoms with Gasteiger partial charge in [0.2, 0.25) is 5.54 Å². The molecule has 0 aromatic heterocycles. The summed E-state index contributed by atoms with van der Waals surface area (Å²) in [5.41, 5.74) is -1.77. The van der Waals surface area contributed by atoms with E-state index in [1.807, 2.05) is 0 Å². The van der Waals surface area contributed by atoms with Crippen molar-refractivity contribution in [1.29, 1.82) is 0 Å². The normalized spacial score (nSPS) is 17.5. The minimum absolute atomic E-state index is 0.0813. The number of carboxylic acids is 1. The van der Waals surface area contributed by atoms with Gasteiger partial charge in [-0.05, 0) is 50.2 Å². The average Bonchev–Trinajstić information content (AvgIpc) is 2.85. The van der Waals surface area contributed by atoms with Crippen LogP contribution in [0.15, 0.2) is 53.4 Å². The van der Waals surface area contributed by atoms with Gasteiger partial charge < -0.3 is 25.4 Å². The largest absolute Gasteiger partial charge is 0.479 e. The van der Waals surface area contributed by atoms with E-state index in [-0.39, 0.29) is 22.9 Å². The number of carbonyl (C=O) groups excluding carboxylic acids is 2. The highest BCUT2D eigenvalue weighted by Crippen LogP contribution is 2.34. The molecule has 1 fully saturated rings. The van der Waals surface area contributed by atoms with E-state index >= 15 is 0 Å². The van der Waals surface area contributed by atoms with Crippen LogP contribution in [0.4, 0.5) is 10.5 Å². The van der Waals surface area contributed by atoms with E-state index in [1.54, 1.807) is 19.1 Å². The van der Waals surface area contributed by atoms with E-state index in [0.717, 1.165) is 12.5 Å². The van der Waals surface area contributed by atoms with Crippen molar-refractivity contribution < 1.29 is 32.6 Å². The third kappa shape index (κ3) is 5.35. The highest BCUT2D eigenvalue weighted by molar-refractivity contribution is 7.93. The minimum Gasteiger partial charge on any atom is -0.479 e. The molecule has 1 aliphatic heterocycles. The number of ketones is 1. The van der Waals surface area contributed by atoms with Gasteiger partial charge in [0.05, 0.1) is 16.6 Å². The minimum atomic E-state index is -4.54. The van der Waals surface area contributed by atoms with Gasteiger partial charge in [0.25, 0.3) is 10.0 Å². The van der Waals surface area contributed by atoms with E-state index < -0.39 is 39.4 Å². The van der Waals surface area contributed by atoms with Crippen LogP contribution in [-0.2, 0) is 19.6 Å².